The molecule has 0 aromatic rings. The number of primary amides is 1. The minimum absolute atomic E-state index is 0.0237. The number of ether oxygens (including phenoxy) is 1. The third kappa shape index (κ3) is 2.80. The summed E-state index contributed by atoms with van der Waals surface area (Å²) in [6, 6.07) is 0. The second kappa shape index (κ2) is 3.53. The van der Waals surface area contributed by atoms with E-state index in [9.17, 15) is 9.90 Å². The zero-order valence-corrected chi connectivity index (χ0v) is 6.22. The minimum atomic E-state index is -1.01. The summed E-state index contributed by atoms with van der Waals surface area (Å²) in [5.41, 5.74) is 3.94. The topological polar surface area (TPSA) is 72.2 Å². The normalized spacial score (nSPS) is 11.5. The number of nitrogens with two attached hydrogens (primary N) is 1. The van der Waals surface area contributed by atoms with E-state index in [1.807, 2.05) is 0 Å². The van der Waals surface area contributed by atoms with Crippen LogP contribution >= 0.6 is 0 Å². The Morgan fingerprint density at radius 3 is 2.40 bits per heavy atom. The first-order chi connectivity index (χ1) is 4.50. The molecule has 0 aliphatic carbocycles. The molecule has 0 aliphatic rings. The quantitative estimate of drug-likeness (QED) is 0.591. The SMILES string of the molecule is CC(C)(OCC[O])C(N)=O. The fourth-order valence-corrected chi connectivity index (χ4v) is 0.368. The van der Waals surface area contributed by atoms with Crippen molar-refractivity contribution < 1.29 is 14.6 Å². The van der Waals surface area contributed by atoms with Gasteiger partial charge in [0.25, 0.3) is 0 Å². The van der Waals surface area contributed by atoms with Crippen LogP contribution in [-0.2, 0) is 14.6 Å². The zero-order chi connectivity index (χ0) is 8.20. The largest absolute Gasteiger partial charge is 0.367 e. The lowest BCUT2D eigenvalue weighted by Gasteiger charge is -2.19. The zero-order valence-electron chi connectivity index (χ0n) is 6.22. The number of carbonyl (C=O) groups is 1. The Balaban J connectivity index is 3.75. The highest BCUT2D eigenvalue weighted by atomic mass is 16.5. The first-order valence-corrected chi connectivity index (χ1v) is 3.02. The fraction of sp³-hybridized carbons (Fsp3) is 0.833. The smallest absolute Gasteiger partial charge is 0.249 e. The van der Waals surface area contributed by atoms with Crippen molar-refractivity contribution in [3.8, 4) is 0 Å². The molecule has 0 aliphatic heterocycles. The maximum Gasteiger partial charge on any atom is 0.249 e. The molecule has 2 N–H and O–H groups in total. The molecule has 0 spiro atoms. The summed E-state index contributed by atoms with van der Waals surface area (Å²) in [6.07, 6.45) is 0. The lowest BCUT2D eigenvalue weighted by Crippen LogP contribution is -2.41. The summed E-state index contributed by atoms with van der Waals surface area (Å²) in [6.45, 7) is 2.74. The van der Waals surface area contributed by atoms with Crippen LogP contribution in [0.1, 0.15) is 13.8 Å². The van der Waals surface area contributed by atoms with Crippen molar-refractivity contribution in [2.24, 2.45) is 5.73 Å². The van der Waals surface area contributed by atoms with E-state index in [0.717, 1.165) is 0 Å². The van der Waals surface area contributed by atoms with E-state index in [2.05, 4.69) is 0 Å². The maximum atomic E-state index is 10.5. The number of hydrogen-bond donors (Lipinski definition) is 1. The van der Waals surface area contributed by atoms with Crippen LogP contribution in [0.2, 0.25) is 0 Å². The molecule has 0 unspecified atom stereocenters. The van der Waals surface area contributed by atoms with Crippen LogP contribution in [0.25, 0.3) is 0 Å². The summed E-state index contributed by atoms with van der Waals surface area (Å²) in [4.78, 5) is 10.5. The molecular formula is C6H12NO3. The highest BCUT2D eigenvalue weighted by Crippen LogP contribution is 2.06. The average Bonchev–Trinajstić information content (AvgIpc) is 1.84. The van der Waals surface area contributed by atoms with E-state index in [1.165, 1.54) is 13.8 Å². The second-order valence-corrected chi connectivity index (χ2v) is 2.43. The van der Waals surface area contributed by atoms with Gasteiger partial charge in [0.1, 0.15) is 12.2 Å². The molecule has 0 saturated carbocycles. The van der Waals surface area contributed by atoms with E-state index in [1.54, 1.807) is 0 Å². The van der Waals surface area contributed by atoms with E-state index in [4.69, 9.17) is 10.5 Å². The second-order valence-electron chi connectivity index (χ2n) is 2.43. The van der Waals surface area contributed by atoms with E-state index in [-0.39, 0.29) is 13.2 Å². The molecule has 0 fully saturated rings. The molecule has 0 bridgehead atoms. The third-order valence-corrected chi connectivity index (χ3v) is 1.14. The molecule has 0 aromatic heterocycles. The molecule has 4 nitrogen and oxygen atoms in total. The number of carbonyl (C=O) groups excluding carboxylic acids is 1. The number of hydrogen-bond acceptors (Lipinski definition) is 2. The monoisotopic (exact) mass is 146 g/mol. The van der Waals surface area contributed by atoms with Gasteiger partial charge in [-0.3, -0.25) is 4.79 Å². The maximum absolute atomic E-state index is 10.5. The van der Waals surface area contributed by atoms with Gasteiger partial charge in [0.2, 0.25) is 5.91 Å². The van der Waals surface area contributed by atoms with Crippen LogP contribution in [0.15, 0.2) is 0 Å². The molecule has 59 valence electrons. The summed E-state index contributed by atoms with van der Waals surface area (Å²) < 4.78 is 4.85. The molecule has 0 heterocycles. The summed E-state index contributed by atoms with van der Waals surface area (Å²) in [5.74, 6) is -0.555. The van der Waals surface area contributed by atoms with Crippen molar-refractivity contribution >= 4 is 5.91 Å². The molecule has 0 saturated heterocycles. The van der Waals surface area contributed by atoms with E-state index in [0.29, 0.717) is 0 Å². The van der Waals surface area contributed by atoms with Gasteiger partial charge in [-0.15, -0.1) is 0 Å². The summed E-state index contributed by atoms with van der Waals surface area (Å²) in [7, 11) is 0. The Labute approximate surface area is 60.0 Å². The Morgan fingerprint density at radius 2 is 2.10 bits per heavy atom. The van der Waals surface area contributed by atoms with Crippen LogP contribution in [0.5, 0.6) is 0 Å². The van der Waals surface area contributed by atoms with Gasteiger partial charge in [0.05, 0.1) is 6.61 Å². The van der Waals surface area contributed by atoms with Gasteiger partial charge in [-0.05, 0) is 13.8 Å². The molecular weight excluding hydrogens is 134 g/mol. The van der Waals surface area contributed by atoms with Crippen molar-refractivity contribution in [3.63, 3.8) is 0 Å². The predicted octanol–water partition coefficient (Wildman–Crippen LogP) is -0.303. The van der Waals surface area contributed by atoms with Crippen LogP contribution in [-0.4, -0.2) is 24.7 Å². The molecule has 0 aromatic carbocycles. The van der Waals surface area contributed by atoms with Crippen molar-refractivity contribution in [3.05, 3.63) is 0 Å². The van der Waals surface area contributed by atoms with Crippen LogP contribution in [0.4, 0.5) is 0 Å². The highest BCUT2D eigenvalue weighted by Gasteiger charge is 2.24. The van der Waals surface area contributed by atoms with Gasteiger partial charge in [-0.2, -0.15) is 0 Å². The van der Waals surface area contributed by atoms with Gasteiger partial charge in [0.15, 0.2) is 0 Å². The van der Waals surface area contributed by atoms with Crippen LogP contribution < -0.4 is 5.73 Å². The molecule has 4 heteroatoms. The summed E-state index contributed by atoms with van der Waals surface area (Å²) in [5, 5.41) is 9.92. The first kappa shape index (κ1) is 9.39. The van der Waals surface area contributed by atoms with Crippen molar-refractivity contribution in [1.82, 2.24) is 0 Å². The van der Waals surface area contributed by atoms with Crippen LogP contribution in [0, 0.1) is 0 Å². The molecule has 1 radical (unpaired) electrons. The standard InChI is InChI=1S/C6H12NO3/c1-6(2,5(7)9)10-4-3-8/h3-4H2,1-2H3,(H2,7,9). The Bertz CT molecular complexity index is 122. The van der Waals surface area contributed by atoms with Gasteiger partial charge in [-0.25, -0.2) is 5.11 Å². The lowest BCUT2D eigenvalue weighted by atomic mass is 10.1. The Morgan fingerprint density at radius 1 is 1.60 bits per heavy atom. The van der Waals surface area contributed by atoms with Gasteiger partial charge in [-0.1, -0.05) is 0 Å². The van der Waals surface area contributed by atoms with Gasteiger partial charge in [0, 0.05) is 0 Å². The van der Waals surface area contributed by atoms with Crippen molar-refractivity contribution in [2.45, 2.75) is 19.4 Å². The fourth-order valence-electron chi connectivity index (χ4n) is 0.368. The minimum Gasteiger partial charge on any atom is -0.367 e. The Hall–Kier alpha value is -0.610. The highest BCUT2D eigenvalue weighted by molar-refractivity contribution is 5.82. The predicted molar refractivity (Wildman–Crippen MR) is 34.8 cm³/mol. The van der Waals surface area contributed by atoms with Gasteiger partial charge < -0.3 is 10.5 Å². The van der Waals surface area contributed by atoms with Gasteiger partial charge >= 0.3 is 0 Å². The molecule has 0 atom stereocenters. The lowest BCUT2D eigenvalue weighted by molar-refractivity contribution is -0.140. The first-order valence-electron chi connectivity index (χ1n) is 3.02. The molecule has 1 amide bonds. The van der Waals surface area contributed by atoms with Crippen molar-refractivity contribution in [1.29, 1.82) is 0 Å². The van der Waals surface area contributed by atoms with Crippen LogP contribution in [0.3, 0.4) is 0 Å². The third-order valence-electron chi connectivity index (χ3n) is 1.14. The summed E-state index contributed by atoms with van der Waals surface area (Å²) >= 11 is 0. The number of rotatable bonds is 4. The van der Waals surface area contributed by atoms with E-state index >= 15 is 0 Å². The van der Waals surface area contributed by atoms with Crippen molar-refractivity contribution in [2.75, 3.05) is 13.2 Å². The van der Waals surface area contributed by atoms with E-state index < -0.39 is 11.5 Å². The Kier molecular flexibility index (Phi) is 3.32. The molecule has 0 rings (SSSR count). The molecule has 10 heavy (non-hydrogen) atoms. The average molecular weight is 146 g/mol. The number of amides is 1.